The van der Waals surface area contributed by atoms with Crippen molar-refractivity contribution in [3.05, 3.63) is 23.8 Å². The van der Waals surface area contributed by atoms with Crippen molar-refractivity contribution in [1.82, 2.24) is 10.2 Å². The Hall–Kier alpha value is -1.26. The maximum atomic E-state index is 10.3. The number of nitrogens with one attached hydrogen (secondary N) is 1. The van der Waals surface area contributed by atoms with Gasteiger partial charge in [-0.1, -0.05) is 12.1 Å². The summed E-state index contributed by atoms with van der Waals surface area (Å²) in [5.74, 6) is 1.45. The molecular formula is C19H30IN3O4. The van der Waals surface area contributed by atoms with Gasteiger partial charge in [-0.25, -0.2) is 4.99 Å². The molecule has 0 bridgehead atoms. The van der Waals surface area contributed by atoms with E-state index in [1.165, 1.54) is 0 Å². The van der Waals surface area contributed by atoms with Crippen LogP contribution in [-0.2, 0) is 16.0 Å². The molecule has 152 valence electrons. The van der Waals surface area contributed by atoms with Crippen molar-refractivity contribution in [2.75, 3.05) is 40.0 Å². The van der Waals surface area contributed by atoms with Gasteiger partial charge in [0.2, 0.25) is 0 Å². The van der Waals surface area contributed by atoms with Crippen molar-refractivity contribution in [3.8, 4) is 11.5 Å². The fourth-order valence-corrected chi connectivity index (χ4v) is 3.43. The first kappa shape index (κ1) is 22.0. The number of benzene rings is 1. The minimum absolute atomic E-state index is 0. The van der Waals surface area contributed by atoms with Gasteiger partial charge in [-0.2, -0.15) is 0 Å². The second kappa shape index (κ2) is 10.9. The standard InChI is InChI=1S/C19H29N3O4.HI/c1-3-20-19(21-12-14-6-4-7-16(24-2)18(14)23)22-9-11-26-17(13-22)15-8-5-10-25-15;/h4,6-7,15,17,23H,3,5,8-13H2,1-2H3,(H,20,21);1H. The molecule has 2 fully saturated rings. The van der Waals surface area contributed by atoms with E-state index in [-0.39, 0.29) is 41.9 Å². The van der Waals surface area contributed by atoms with Gasteiger partial charge in [0.15, 0.2) is 17.5 Å². The van der Waals surface area contributed by atoms with E-state index >= 15 is 0 Å². The lowest BCUT2D eigenvalue weighted by Crippen LogP contribution is -2.53. The maximum Gasteiger partial charge on any atom is 0.194 e. The first-order chi connectivity index (χ1) is 12.7. The van der Waals surface area contributed by atoms with E-state index in [1.54, 1.807) is 13.2 Å². The third kappa shape index (κ3) is 5.61. The Kier molecular flexibility index (Phi) is 8.91. The average molecular weight is 491 g/mol. The Morgan fingerprint density at radius 1 is 1.33 bits per heavy atom. The van der Waals surface area contributed by atoms with E-state index in [1.807, 2.05) is 12.1 Å². The van der Waals surface area contributed by atoms with Crippen molar-refractivity contribution < 1.29 is 19.3 Å². The van der Waals surface area contributed by atoms with E-state index < -0.39 is 0 Å². The number of hydrogen-bond acceptors (Lipinski definition) is 5. The molecule has 2 heterocycles. The zero-order chi connectivity index (χ0) is 18.4. The summed E-state index contributed by atoms with van der Waals surface area (Å²) in [5.41, 5.74) is 0.740. The zero-order valence-electron chi connectivity index (χ0n) is 16.0. The number of phenolic OH excluding ortho intramolecular Hbond substituents is 1. The smallest absolute Gasteiger partial charge is 0.194 e. The molecule has 27 heavy (non-hydrogen) atoms. The predicted molar refractivity (Wildman–Crippen MR) is 115 cm³/mol. The molecule has 2 saturated heterocycles. The van der Waals surface area contributed by atoms with Gasteiger partial charge in [-0.05, 0) is 25.8 Å². The third-order valence-electron chi connectivity index (χ3n) is 4.81. The molecule has 2 atom stereocenters. The van der Waals surface area contributed by atoms with Crippen molar-refractivity contribution >= 4 is 29.9 Å². The quantitative estimate of drug-likeness (QED) is 0.375. The molecule has 0 saturated carbocycles. The second-order valence-corrected chi connectivity index (χ2v) is 6.54. The number of guanidine groups is 1. The maximum absolute atomic E-state index is 10.3. The number of rotatable bonds is 5. The highest BCUT2D eigenvalue weighted by Gasteiger charge is 2.32. The lowest BCUT2D eigenvalue weighted by Gasteiger charge is -2.37. The topological polar surface area (TPSA) is 75.6 Å². The van der Waals surface area contributed by atoms with Crippen LogP contribution in [0.1, 0.15) is 25.3 Å². The lowest BCUT2D eigenvalue weighted by molar-refractivity contribution is -0.0817. The van der Waals surface area contributed by atoms with Crippen molar-refractivity contribution in [2.45, 2.75) is 38.5 Å². The van der Waals surface area contributed by atoms with Gasteiger partial charge in [0.05, 0.1) is 26.4 Å². The average Bonchev–Trinajstić information content (AvgIpc) is 3.21. The van der Waals surface area contributed by atoms with E-state index in [0.717, 1.165) is 50.6 Å². The number of aromatic hydroxyl groups is 1. The van der Waals surface area contributed by atoms with E-state index in [2.05, 4.69) is 17.1 Å². The first-order valence-corrected chi connectivity index (χ1v) is 9.34. The molecule has 2 N–H and O–H groups in total. The largest absolute Gasteiger partial charge is 0.504 e. The predicted octanol–water partition coefficient (Wildman–Crippen LogP) is 2.36. The van der Waals surface area contributed by atoms with E-state index in [9.17, 15) is 5.11 Å². The number of hydrogen-bond donors (Lipinski definition) is 2. The number of halogens is 1. The molecule has 0 amide bonds. The highest BCUT2D eigenvalue weighted by atomic mass is 127. The zero-order valence-corrected chi connectivity index (χ0v) is 18.3. The van der Waals surface area contributed by atoms with Gasteiger partial charge in [0, 0.05) is 31.8 Å². The second-order valence-electron chi connectivity index (χ2n) is 6.54. The van der Waals surface area contributed by atoms with E-state index in [0.29, 0.717) is 18.9 Å². The SMILES string of the molecule is CCNC(=NCc1cccc(OC)c1O)N1CCOC(C2CCCO2)C1.I. The van der Waals surface area contributed by atoms with Gasteiger partial charge < -0.3 is 29.5 Å². The number of morpholine rings is 1. The molecule has 2 aliphatic rings. The summed E-state index contributed by atoms with van der Waals surface area (Å²) in [6.45, 7) is 6.27. The fourth-order valence-electron chi connectivity index (χ4n) is 3.43. The van der Waals surface area contributed by atoms with Gasteiger partial charge in [-0.3, -0.25) is 0 Å². The number of methoxy groups -OCH3 is 1. The van der Waals surface area contributed by atoms with Crippen LogP contribution in [0, 0.1) is 0 Å². The van der Waals surface area contributed by atoms with Crippen LogP contribution in [0.15, 0.2) is 23.2 Å². The highest BCUT2D eigenvalue weighted by molar-refractivity contribution is 14.0. The van der Waals surface area contributed by atoms with Crippen LogP contribution in [0.3, 0.4) is 0 Å². The summed E-state index contributed by atoms with van der Waals surface area (Å²) in [5, 5.41) is 13.6. The Morgan fingerprint density at radius 2 is 2.15 bits per heavy atom. The Bertz CT molecular complexity index is 623. The van der Waals surface area contributed by atoms with Crippen LogP contribution in [0.2, 0.25) is 0 Å². The van der Waals surface area contributed by atoms with Crippen LogP contribution in [0.5, 0.6) is 11.5 Å². The molecule has 1 aromatic carbocycles. The minimum Gasteiger partial charge on any atom is -0.504 e. The van der Waals surface area contributed by atoms with Crippen molar-refractivity contribution in [1.29, 1.82) is 0 Å². The number of nitrogens with zero attached hydrogens (tertiary/aromatic N) is 2. The molecule has 0 spiro atoms. The van der Waals surface area contributed by atoms with Gasteiger partial charge in [0.1, 0.15) is 6.10 Å². The summed E-state index contributed by atoms with van der Waals surface area (Å²) in [4.78, 5) is 6.94. The molecule has 8 heteroatoms. The third-order valence-corrected chi connectivity index (χ3v) is 4.81. The number of phenols is 1. The summed E-state index contributed by atoms with van der Waals surface area (Å²) < 4.78 is 16.9. The van der Waals surface area contributed by atoms with Gasteiger partial charge >= 0.3 is 0 Å². The fraction of sp³-hybridized carbons (Fsp3) is 0.632. The van der Waals surface area contributed by atoms with Crippen LogP contribution in [-0.4, -0.2) is 68.1 Å². The summed E-state index contributed by atoms with van der Waals surface area (Å²) >= 11 is 0. The first-order valence-electron chi connectivity index (χ1n) is 9.34. The molecule has 2 unspecified atom stereocenters. The van der Waals surface area contributed by atoms with E-state index in [4.69, 9.17) is 19.2 Å². The normalized spacial score (nSPS) is 23.0. The van der Waals surface area contributed by atoms with Crippen LogP contribution in [0.4, 0.5) is 0 Å². The van der Waals surface area contributed by atoms with Gasteiger partial charge in [0.25, 0.3) is 0 Å². The lowest BCUT2D eigenvalue weighted by atomic mass is 10.1. The number of para-hydroxylation sites is 1. The number of ether oxygens (including phenoxy) is 3. The molecule has 2 aliphatic heterocycles. The molecule has 7 nitrogen and oxygen atoms in total. The number of aliphatic imine (C=N–C) groups is 1. The summed E-state index contributed by atoms with van der Waals surface area (Å²) in [7, 11) is 1.55. The van der Waals surface area contributed by atoms with Crippen LogP contribution in [0.25, 0.3) is 0 Å². The Balaban J connectivity index is 0.00000261. The van der Waals surface area contributed by atoms with Gasteiger partial charge in [-0.15, -0.1) is 24.0 Å². The minimum atomic E-state index is 0. The highest BCUT2D eigenvalue weighted by Crippen LogP contribution is 2.29. The summed E-state index contributed by atoms with van der Waals surface area (Å²) in [6, 6.07) is 5.46. The molecule has 0 aliphatic carbocycles. The van der Waals surface area contributed by atoms with Crippen LogP contribution >= 0.6 is 24.0 Å². The van der Waals surface area contributed by atoms with Crippen molar-refractivity contribution in [2.24, 2.45) is 4.99 Å². The Labute approximate surface area is 178 Å². The molecule has 0 aromatic heterocycles. The Morgan fingerprint density at radius 3 is 2.85 bits per heavy atom. The molecule has 3 rings (SSSR count). The monoisotopic (exact) mass is 491 g/mol. The summed E-state index contributed by atoms with van der Waals surface area (Å²) in [6.07, 6.45) is 2.43. The van der Waals surface area contributed by atoms with Crippen molar-refractivity contribution in [3.63, 3.8) is 0 Å². The van der Waals surface area contributed by atoms with Crippen LogP contribution < -0.4 is 10.1 Å². The molecular weight excluding hydrogens is 461 g/mol. The molecule has 1 aromatic rings. The molecule has 0 radical (unpaired) electrons.